The van der Waals surface area contributed by atoms with Gasteiger partial charge in [0.15, 0.2) is 0 Å². The van der Waals surface area contributed by atoms with Gasteiger partial charge in [-0.25, -0.2) is 4.79 Å². The van der Waals surface area contributed by atoms with Crippen molar-refractivity contribution < 1.29 is 24.2 Å². The van der Waals surface area contributed by atoms with Crippen molar-refractivity contribution in [3.8, 4) is 5.75 Å². The van der Waals surface area contributed by atoms with Gasteiger partial charge in [-0.2, -0.15) is 0 Å². The molecule has 0 spiro atoms. The minimum atomic E-state index is -1.03. The molecule has 3 amide bonds. The Hall–Kier alpha value is -2.77. The molecule has 38 heavy (non-hydrogen) atoms. The molecule has 1 rings (SSSR count). The van der Waals surface area contributed by atoms with Crippen LogP contribution in [0.25, 0.3) is 0 Å². The van der Waals surface area contributed by atoms with Crippen LogP contribution in [-0.2, 0) is 14.3 Å². The number of alkyl carbamates (subject to hydrolysis) is 1. The number of phenolic OH excluding ortho intramolecular Hbond substituents is 1. The summed E-state index contributed by atoms with van der Waals surface area (Å²) in [5.41, 5.74) is 0.283. The number of rotatable bonds is 15. The number of unbranched alkanes of at least 4 members (excludes halogenated alkanes) is 4. The molecule has 0 saturated heterocycles. The number of aromatic hydroxyl groups is 1. The van der Waals surface area contributed by atoms with Gasteiger partial charge < -0.3 is 25.4 Å². The molecule has 216 valence electrons. The summed E-state index contributed by atoms with van der Waals surface area (Å²) in [5.74, 6) is -0.610. The Kier molecular flexibility index (Phi) is 14.2. The Bertz CT molecular complexity index is 894. The second-order valence-electron chi connectivity index (χ2n) is 11.5. The fourth-order valence-electron chi connectivity index (χ4n) is 4.26. The van der Waals surface area contributed by atoms with E-state index in [9.17, 15) is 19.5 Å². The number of aryl methyl sites for hydroxylation is 1. The maximum atomic E-state index is 14.2. The maximum Gasteiger partial charge on any atom is 0.408 e. The average Bonchev–Trinajstić information content (AvgIpc) is 2.81. The van der Waals surface area contributed by atoms with Gasteiger partial charge in [0, 0.05) is 18.7 Å². The van der Waals surface area contributed by atoms with Crippen molar-refractivity contribution in [3.63, 3.8) is 0 Å². The van der Waals surface area contributed by atoms with E-state index < -0.39 is 23.8 Å². The zero-order valence-corrected chi connectivity index (χ0v) is 24.9. The zero-order chi connectivity index (χ0) is 28.9. The Balaban J connectivity index is 3.53. The van der Waals surface area contributed by atoms with Crippen LogP contribution in [0.4, 0.5) is 4.79 Å². The summed E-state index contributed by atoms with van der Waals surface area (Å²) in [7, 11) is 0. The number of hydrogen-bond acceptors (Lipinski definition) is 5. The van der Waals surface area contributed by atoms with Crippen molar-refractivity contribution in [1.82, 2.24) is 15.5 Å². The summed E-state index contributed by atoms with van der Waals surface area (Å²) >= 11 is 0. The van der Waals surface area contributed by atoms with Crippen LogP contribution in [0.1, 0.15) is 111 Å². The van der Waals surface area contributed by atoms with Crippen molar-refractivity contribution in [2.75, 3.05) is 13.1 Å². The molecule has 0 aromatic heterocycles. The minimum absolute atomic E-state index is 0.00462. The van der Waals surface area contributed by atoms with E-state index in [0.29, 0.717) is 37.1 Å². The van der Waals surface area contributed by atoms with Gasteiger partial charge in [-0.15, -0.1) is 0 Å². The first-order valence-corrected chi connectivity index (χ1v) is 14.2. The Morgan fingerprint density at radius 3 is 2.26 bits per heavy atom. The number of para-hydroxylation sites is 1. The lowest BCUT2D eigenvalue weighted by atomic mass is 9.97. The SMILES string of the molecule is CCCCCCN(C(=O)C(CC(C)C)NC(=O)OC(C)(C)C)C(C(=O)NCCCC)c1cccc(C)c1O. The fraction of sp³-hybridized carbons (Fsp3) is 0.700. The van der Waals surface area contributed by atoms with Crippen LogP contribution in [0.5, 0.6) is 5.75 Å². The molecule has 1 aromatic carbocycles. The lowest BCUT2D eigenvalue weighted by Gasteiger charge is -2.35. The van der Waals surface area contributed by atoms with Gasteiger partial charge in [-0.05, 0) is 58.4 Å². The van der Waals surface area contributed by atoms with Crippen molar-refractivity contribution >= 4 is 17.9 Å². The topological polar surface area (TPSA) is 108 Å². The summed E-state index contributed by atoms with van der Waals surface area (Å²) in [6, 6.07) is 3.33. The third-order valence-electron chi connectivity index (χ3n) is 6.18. The molecule has 1 aromatic rings. The average molecular weight is 534 g/mol. The third-order valence-corrected chi connectivity index (χ3v) is 6.18. The molecule has 0 aliphatic rings. The number of ether oxygens (including phenoxy) is 1. The first-order valence-electron chi connectivity index (χ1n) is 14.2. The van der Waals surface area contributed by atoms with E-state index in [0.717, 1.165) is 32.1 Å². The van der Waals surface area contributed by atoms with Crippen LogP contribution in [-0.4, -0.2) is 52.6 Å². The second kappa shape index (κ2) is 16.2. The van der Waals surface area contributed by atoms with Gasteiger partial charge in [0.05, 0.1) is 0 Å². The predicted molar refractivity (Wildman–Crippen MR) is 152 cm³/mol. The lowest BCUT2D eigenvalue weighted by Crippen LogP contribution is -2.53. The number of nitrogens with one attached hydrogen (secondary N) is 2. The number of carbonyl (C=O) groups is 3. The van der Waals surface area contributed by atoms with Gasteiger partial charge in [0.1, 0.15) is 23.4 Å². The van der Waals surface area contributed by atoms with Crippen molar-refractivity contribution in [1.29, 1.82) is 0 Å². The largest absolute Gasteiger partial charge is 0.507 e. The highest BCUT2D eigenvalue weighted by Gasteiger charge is 2.37. The van der Waals surface area contributed by atoms with E-state index in [1.54, 1.807) is 45.9 Å². The Labute approximate surface area is 229 Å². The normalized spacial score (nSPS) is 13.1. The van der Waals surface area contributed by atoms with Gasteiger partial charge >= 0.3 is 6.09 Å². The monoisotopic (exact) mass is 533 g/mol. The van der Waals surface area contributed by atoms with Gasteiger partial charge in [-0.1, -0.05) is 71.6 Å². The third kappa shape index (κ3) is 11.3. The van der Waals surface area contributed by atoms with E-state index in [-0.39, 0.29) is 23.5 Å². The minimum Gasteiger partial charge on any atom is -0.507 e. The van der Waals surface area contributed by atoms with Crippen molar-refractivity contribution in [3.05, 3.63) is 29.3 Å². The zero-order valence-electron chi connectivity index (χ0n) is 24.9. The second-order valence-corrected chi connectivity index (χ2v) is 11.5. The first kappa shape index (κ1) is 33.3. The van der Waals surface area contributed by atoms with E-state index in [1.165, 1.54) is 4.90 Å². The highest BCUT2D eigenvalue weighted by Crippen LogP contribution is 2.33. The molecule has 0 bridgehead atoms. The molecule has 8 nitrogen and oxygen atoms in total. The molecule has 0 fully saturated rings. The molecular weight excluding hydrogens is 482 g/mol. The fourth-order valence-corrected chi connectivity index (χ4v) is 4.26. The molecular formula is C30H51N3O5. The van der Waals surface area contributed by atoms with Gasteiger partial charge in [-0.3, -0.25) is 9.59 Å². The predicted octanol–water partition coefficient (Wildman–Crippen LogP) is 6.01. The summed E-state index contributed by atoms with van der Waals surface area (Å²) < 4.78 is 5.45. The summed E-state index contributed by atoms with van der Waals surface area (Å²) in [6.07, 6.45) is 5.07. The smallest absolute Gasteiger partial charge is 0.408 e. The summed E-state index contributed by atoms with van der Waals surface area (Å²) in [4.78, 5) is 42.1. The van der Waals surface area contributed by atoms with E-state index in [4.69, 9.17) is 4.74 Å². The van der Waals surface area contributed by atoms with Crippen LogP contribution in [0.15, 0.2) is 18.2 Å². The summed E-state index contributed by atoms with van der Waals surface area (Å²) in [6.45, 7) is 16.0. The van der Waals surface area contributed by atoms with Crippen molar-refractivity contribution in [2.45, 2.75) is 118 Å². The molecule has 0 radical (unpaired) electrons. The van der Waals surface area contributed by atoms with E-state index >= 15 is 0 Å². The lowest BCUT2D eigenvalue weighted by molar-refractivity contribution is -0.143. The maximum absolute atomic E-state index is 14.2. The molecule has 8 heteroatoms. The quantitative estimate of drug-likeness (QED) is 0.239. The molecule has 0 aliphatic heterocycles. The van der Waals surface area contributed by atoms with Crippen molar-refractivity contribution in [2.24, 2.45) is 5.92 Å². The Morgan fingerprint density at radius 2 is 1.68 bits per heavy atom. The van der Waals surface area contributed by atoms with E-state index in [1.807, 2.05) is 20.8 Å². The van der Waals surface area contributed by atoms with Crippen LogP contribution >= 0.6 is 0 Å². The molecule has 0 saturated carbocycles. The molecule has 0 heterocycles. The molecule has 2 atom stereocenters. The van der Waals surface area contributed by atoms with Crippen LogP contribution in [0.3, 0.4) is 0 Å². The molecule has 3 N–H and O–H groups in total. The Morgan fingerprint density at radius 1 is 1.03 bits per heavy atom. The van der Waals surface area contributed by atoms with Gasteiger partial charge in [0.2, 0.25) is 11.8 Å². The number of amides is 3. The highest BCUT2D eigenvalue weighted by atomic mass is 16.6. The van der Waals surface area contributed by atoms with Crippen LogP contribution < -0.4 is 10.6 Å². The van der Waals surface area contributed by atoms with E-state index in [2.05, 4.69) is 17.6 Å². The highest BCUT2D eigenvalue weighted by molar-refractivity contribution is 5.92. The molecule has 0 aliphatic carbocycles. The summed E-state index contributed by atoms with van der Waals surface area (Å²) in [5, 5.41) is 16.7. The number of carbonyl (C=O) groups excluding carboxylic acids is 3. The number of nitrogens with zero attached hydrogens (tertiary/aromatic N) is 1. The van der Waals surface area contributed by atoms with Gasteiger partial charge in [0.25, 0.3) is 0 Å². The number of hydrogen-bond donors (Lipinski definition) is 3. The van der Waals surface area contributed by atoms with Crippen LogP contribution in [0.2, 0.25) is 0 Å². The van der Waals surface area contributed by atoms with Crippen LogP contribution in [0, 0.1) is 12.8 Å². The first-order chi connectivity index (χ1) is 17.8. The molecule has 2 unspecified atom stereocenters. The number of benzene rings is 1. The standard InChI is InChI=1S/C30H51N3O5/c1-9-11-13-14-19-33(28(36)24(20-21(3)4)32-29(37)38-30(6,7)8)25(27(35)31-18-12-10-2)23-17-15-16-22(5)26(23)34/h15-17,21,24-25,34H,9-14,18-20H2,1-8H3,(H,31,35)(H,32,37). The number of phenols is 1.